The predicted molar refractivity (Wildman–Crippen MR) is 104 cm³/mol. The van der Waals surface area contributed by atoms with Gasteiger partial charge < -0.3 is 20.7 Å². The monoisotopic (exact) mass is 355 g/mol. The molecule has 6 nitrogen and oxygen atoms in total. The fraction of sp³-hybridized carbons (Fsp3) is 0.300. The van der Waals surface area contributed by atoms with E-state index in [-0.39, 0.29) is 18.4 Å². The van der Waals surface area contributed by atoms with Crippen LogP contribution in [0.25, 0.3) is 0 Å². The number of methoxy groups -OCH3 is 1. The van der Waals surface area contributed by atoms with Gasteiger partial charge in [0, 0.05) is 37.2 Å². The molecular weight excluding hydrogens is 330 g/mol. The molecule has 0 aliphatic carbocycles. The van der Waals surface area contributed by atoms with Crippen LogP contribution in [-0.4, -0.2) is 38.6 Å². The van der Waals surface area contributed by atoms with Crippen LogP contribution in [0, 0.1) is 6.92 Å². The van der Waals surface area contributed by atoms with Crippen molar-refractivity contribution in [2.24, 2.45) is 0 Å². The van der Waals surface area contributed by atoms with Gasteiger partial charge in [0.05, 0.1) is 6.54 Å². The second-order valence-corrected chi connectivity index (χ2v) is 5.95. The van der Waals surface area contributed by atoms with Gasteiger partial charge in [-0.25, -0.2) is 0 Å². The first-order chi connectivity index (χ1) is 12.6. The van der Waals surface area contributed by atoms with Crippen LogP contribution in [0.3, 0.4) is 0 Å². The number of carbonyl (C=O) groups excluding carboxylic acids is 2. The minimum absolute atomic E-state index is 0.118. The summed E-state index contributed by atoms with van der Waals surface area (Å²) in [6.07, 6.45) is 0.763. The lowest BCUT2D eigenvalue weighted by atomic mass is 10.2. The lowest BCUT2D eigenvalue weighted by Gasteiger charge is -2.10. The minimum atomic E-state index is -0.150. The second kappa shape index (κ2) is 10.2. The van der Waals surface area contributed by atoms with Gasteiger partial charge >= 0.3 is 0 Å². The number of nitrogens with one attached hydrogen (secondary N) is 3. The van der Waals surface area contributed by atoms with E-state index in [2.05, 4.69) is 16.0 Å². The van der Waals surface area contributed by atoms with Gasteiger partial charge in [0.25, 0.3) is 5.91 Å². The molecular formula is C20H25N3O3. The van der Waals surface area contributed by atoms with E-state index in [0.29, 0.717) is 24.4 Å². The standard InChI is InChI=1S/C20H25N3O3/c1-15-7-9-17(10-8-15)23-19(24)14-22-18-6-3-5-16(13-18)20(25)21-11-4-12-26-2/h3,5-10,13,22H,4,11-12,14H2,1-2H3,(H,21,25)(H,23,24). The molecule has 0 aliphatic rings. The molecule has 0 radical (unpaired) electrons. The average Bonchev–Trinajstić information content (AvgIpc) is 2.65. The Balaban J connectivity index is 1.82. The maximum absolute atomic E-state index is 12.1. The Labute approximate surface area is 153 Å². The lowest BCUT2D eigenvalue weighted by molar-refractivity contribution is -0.114. The Morgan fingerprint density at radius 1 is 1.04 bits per heavy atom. The fourth-order valence-corrected chi connectivity index (χ4v) is 2.32. The summed E-state index contributed by atoms with van der Waals surface area (Å²) in [5, 5.41) is 8.70. The summed E-state index contributed by atoms with van der Waals surface area (Å²) >= 11 is 0. The number of hydrogen-bond acceptors (Lipinski definition) is 4. The summed E-state index contributed by atoms with van der Waals surface area (Å²) in [6.45, 7) is 3.28. The van der Waals surface area contributed by atoms with E-state index in [0.717, 1.165) is 17.7 Å². The van der Waals surface area contributed by atoms with Crippen molar-refractivity contribution in [2.75, 3.05) is 37.4 Å². The maximum Gasteiger partial charge on any atom is 0.251 e. The van der Waals surface area contributed by atoms with Gasteiger partial charge in [0.1, 0.15) is 0 Å². The van der Waals surface area contributed by atoms with Crippen molar-refractivity contribution in [3.05, 3.63) is 59.7 Å². The Hall–Kier alpha value is -2.86. The average molecular weight is 355 g/mol. The number of ether oxygens (including phenoxy) is 1. The van der Waals surface area contributed by atoms with Gasteiger partial charge in [-0.3, -0.25) is 9.59 Å². The highest BCUT2D eigenvalue weighted by atomic mass is 16.5. The summed E-state index contributed by atoms with van der Waals surface area (Å²) in [5.74, 6) is -0.294. The summed E-state index contributed by atoms with van der Waals surface area (Å²) in [5.41, 5.74) is 3.16. The number of carbonyl (C=O) groups is 2. The normalized spacial score (nSPS) is 10.2. The number of aryl methyl sites for hydroxylation is 1. The van der Waals surface area contributed by atoms with E-state index in [1.807, 2.05) is 37.3 Å². The van der Waals surface area contributed by atoms with Crippen molar-refractivity contribution < 1.29 is 14.3 Å². The second-order valence-electron chi connectivity index (χ2n) is 5.95. The van der Waals surface area contributed by atoms with Crippen LogP contribution in [-0.2, 0) is 9.53 Å². The van der Waals surface area contributed by atoms with Gasteiger partial charge in [-0.2, -0.15) is 0 Å². The first-order valence-corrected chi connectivity index (χ1v) is 8.56. The molecule has 2 amide bonds. The number of rotatable bonds is 9. The number of hydrogen-bond donors (Lipinski definition) is 3. The largest absolute Gasteiger partial charge is 0.385 e. The summed E-state index contributed by atoms with van der Waals surface area (Å²) in [4.78, 5) is 24.1. The Bertz CT molecular complexity index is 729. The van der Waals surface area contributed by atoms with E-state index in [1.54, 1.807) is 25.3 Å². The summed E-state index contributed by atoms with van der Waals surface area (Å²) in [6, 6.07) is 14.7. The topological polar surface area (TPSA) is 79.5 Å². The van der Waals surface area contributed by atoms with Crippen molar-refractivity contribution in [3.63, 3.8) is 0 Å². The molecule has 0 fully saturated rings. The van der Waals surface area contributed by atoms with Crippen LogP contribution in [0.15, 0.2) is 48.5 Å². The minimum Gasteiger partial charge on any atom is -0.385 e. The first kappa shape index (κ1) is 19.5. The Morgan fingerprint density at radius 3 is 2.54 bits per heavy atom. The first-order valence-electron chi connectivity index (χ1n) is 8.56. The van der Waals surface area contributed by atoms with Gasteiger partial charge in [-0.1, -0.05) is 23.8 Å². The molecule has 2 rings (SSSR count). The van der Waals surface area contributed by atoms with Crippen LogP contribution in [0.2, 0.25) is 0 Å². The van der Waals surface area contributed by atoms with E-state index >= 15 is 0 Å². The smallest absolute Gasteiger partial charge is 0.251 e. The Morgan fingerprint density at radius 2 is 1.81 bits per heavy atom. The van der Waals surface area contributed by atoms with Crippen molar-refractivity contribution in [1.29, 1.82) is 0 Å². The predicted octanol–water partition coefficient (Wildman–Crippen LogP) is 2.81. The molecule has 2 aromatic carbocycles. The zero-order chi connectivity index (χ0) is 18.8. The van der Waals surface area contributed by atoms with Gasteiger partial charge in [-0.15, -0.1) is 0 Å². The van der Waals surface area contributed by atoms with E-state index in [4.69, 9.17) is 4.74 Å². The van der Waals surface area contributed by atoms with Crippen molar-refractivity contribution in [1.82, 2.24) is 5.32 Å². The molecule has 0 unspecified atom stereocenters. The lowest BCUT2D eigenvalue weighted by Crippen LogP contribution is -2.25. The highest BCUT2D eigenvalue weighted by Crippen LogP contribution is 2.11. The molecule has 0 atom stereocenters. The zero-order valence-electron chi connectivity index (χ0n) is 15.2. The number of anilines is 2. The summed E-state index contributed by atoms with van der Waals surface area (Å²) in [7, 11) is 1.63. The third-order valence-electron chi connectivity index (χ3n) is 3.72. The highest BCUT2D eigenvalue weighted by Gasteiger charge is 2.07. The molecule has 2 aromatic rings. The quantitative estimate of drug-likeness (QED) is 0.604. The fourth-order valence-electron chi connectivity index (χ4n) is 2.32. The van der Waals surface area contributed by atoms with Crippen LogP contribution >= 0.6 is 0 Å². The molecule has 0 saturated carbocycles. The van der Waals surface area contributed by atoms with Gasteiger partial charge in [-0.05, 0) is 43.7 Å². The van der Waals surface area contributed by atoms with E-state index in [1.165, 1.54) is 0 Å². The Kier molecular flexibility index (Phi) is 7.64. The molecule has 138 valence electrons. The summed E-state index contributed by atoms with van der Waals surface area (Å²) < 4.78 is 4.95. The molecule has 0 aliphatic heterocycles. The van der Waals surface area contributed by atoms with Crippen LogP contribution in [0.4, 0.5) is 11.4 Å². The molecule has 26 heavy (non-hydrogen) atoms. The highest BCUT2D eigenvalue weighted by molar-refractivity contribution is 5.96. The molecule has 0 spiro atoms. The molecule has 0 heterocycles. The van der Waals surface area contributed by atoms with Crippen molar-refractivity contribution in [2.45, 2.75) is 13.3 Å². The SMILES string of the molecule is COCCCNC(=O)c1cccc(NCC(=O)Nc2ccc(C)cc2)c1. The third-order valence-corrected chi connectivity index (χ3v) is 3.72. The molecule has 6 heteroatoms. The van der Waals surface area contributed by atoms with Crippen LogP contribution < -0.4 is 16.0 Å². The van der Waals surface area contributed by atoms with E-state index in [9.17, 15) is 9.59 Å². The van der Waals surface area contributed by atoms with Crippen LogP contribution in [0.1, 0.15) is 22.3 Å². The van der Waals surface area contributed by atoms with Crippen molar-refractivity contribution in [3.8, 4) is 0 Å². The zero-order valence-corrected chi connectivity index (χ0v) is 15.2. The van der Waals surface area contributed by atoms with Crippen molar-refractivity contribution >= 4 is 23.2 Å². The van der Waals surface area contributed by atoms with E-state index < -0.39 is 0 Å². The number of amides is 2. The van der Waals surface area contributed by atoms with Crippen LogP contribution in [0.5, 0.6) is 0 Å². The molecule has 0 saturated heterocycles. The molecule has 0 bridgehead atoms. The van der Waals surface area contributed by atoms with Gasteiger partial charge in [0.2, 0.25) is 5.91 Å². The maximum atomic E-state index is 12.1. The molecule has 3 N–H and O–H groups in total. The number of benzene rings is 2. The molecule has 0 aromatic heterocycles. The van der Waals surface area contributed by atoms with Gasteiger partial charge in [0.15, 0.2) is 0 Å². The third kappa shape index (κ3) is 6.57.